The molecule has 2 aromatic rings. The molecular weight excluding hydrogens is 324 g/mol. The summed E-state index contributed by atoms with van der Waals surface area (Å²) in [5.74, 6) is -0.0267. The molecule has 1 aliphatic rings. The molecule has 0 unspecified atom stereocenters. The number of pyridine rings is 1. The summed E-state index contributed by atoms with van der Waals surface area (Å²) in [5.41, 5.74) is 2.31. The lowest BCUT2D eigenvalue weighted by Gasteiger charge is -2.29. The van der Waals surface area contributed by atoms with Gasteiger partial charge < -0.3 is 16.0 Å². The lowest BCUT2D eigenvalue weighted by atomic mass is 9.94. The van der Waals surface area contributed by atoms with Crippen molar-refractivity contribution in [3.63, 3.8) is 0 Å². The molecule has 3 amide bonds. The molecule has 0 aromatic carbocycles. The van der Waals surface area contributed by atoms with E-state index in [0.29, 0.717) is 12.2 Å². The lowest BCUT2D eigenvalue weighted by molar-refractivity contribution is -0.125. The quantitative estimate of drug-likeness (QED) is 0.800. The van der Waals surface area contributed by atoms with Crippen molar-refractivity contribution >= 4 is 29.0 Å². The number of amides is 3. The molecule has 1 fully saturated rings. The smallest absolute Gasteiger partial charge is 0.319 e. The Morgan fingerprint density at radius 3 is 3.00 bits per heavy atom. The number of carbonyl (C=O) groups is 2. The summed E-state index contributed by atoms with van der Waals surface area (Å²) in [4.78, 5) is 29.8. The summed E-state index contributed by atoms with van der Waals surface area (Å²) in [7, 11) is 0. The molecule has 0 radical (unpaired) electrons. The number of hydrogen-bond donors (Lipinski definition) is 3. The van der Waals surface area contributed by atoms with Crippen molar-refractivity contribution in [3.05, 3.63) is 34.7 Å². The third-order valence-corrected chi connectivity index (χ3v) is 4.96. The van der Waals surface area contributed by atoms with Gasteiger partial charge in [-0.05, 0) is 37.5 Å². The van der Waals surface area contributed by atoms with Gasteiger partial charge in [0.05, 0.1) is 11.4 Å². The number of nitrogens with zero attached hydrogens (tertiary/aromatic N) is 1. The van der Waals surface area contributed by atoms with E-state index in [9.17, 15) is 9.59 Å². The molecule has 0 saturated carbocycles. The molecule has 1 saturated heterocycles. The Kier molecular flexibility index (Phi) is 4.80. The van der Waals surface area contributed by atoms with Crippen LogP contribution in [0.4, 0.5) is 10.5 Å². The number of urea groups is 1. The average molecular weight is 344 g/mol. The standard InChI is InChI=1S/C17H20N4O2S/c1-10-5-7-19-16(22)14(10)21-17(23)20-13-4-3-6-18-15(13)12-8-11(2)24-9-12/h3-4,6,8-10,14H,5,7H2,1-2H3,(H,19,22)(H2,20,21,23)/t10-,14+/m1/s1. The van der Waals surface area contributed by atoms with Gasteiger partial charge in [0, 0.05) is 28.6 Å². The molecule has 3 N–H and O–H groups in total. The Morgan fingerprint density at radius 2 is 2.29 bits per heavy atom. The molecule has 2 atom stereocenters. The molecule has 0 aliphatic carbocycles. The number of aryl methyl sites for hydroxylation is 1. The number of thiophene rings is 1. The van der Waals surface area contributed by atoms with Gasteiger partial charge in [-0.3, -0.25) is 9.78 Å². The highest BCUT2D eigenvalue weighted by molar-refractivity contribution is 7.10. The van der Waals surface area contributed by atoms with Gasteiger partial charge in [0.2, 0.25) is 5.91 Å². The second kappa shape index (κ2) is 7.00. The monoisotopic (exact) mass is 344 g/mol. The number of piperidine rings is 1. The highest BCUT2D eigenvalue weighted by atomic mass is 32.1. The summed E-state index contributed by atoms with van der Waals surface area (Å²) < 4.78 is 0. The topological polar surface area (TPSA) is 83.1 Å². The highest BCUT2D eigenvalue weighted by Crippen LogP contribution is 2.29. The fraction of sp³-hybridized carbons (Fsp3) is 0.353. The van der Waals surface area contributed by atoms with Crippen molar-refractivity contribution in [2.75, 3.05) is 11.9 Å². The zero-order valence-corrected chi connectivity index (χ0v) is 14.4. The highest BCUT2D eigenvalue weighted by Gasteiger charge is 2.30. The number of nitrogens with one attached hydrogen (secondary N) is 3. The summed E-state index contributed by atoms with van der Waals surface area (Å²) in [6.45, 7) is 4.65. The van der Waals surface area contributed by atoms with Gasteiger partial charge in [0.1, 0.15) is 6.04 Å². The van der Waals surface area contributed by atoms with Gasteiger partial charge in [-0.2, -0.15) is 0 Å². The van der Waals surface area contributed by atoms with Crippen LogP contribution < -0.4 is 16.0 Å². The van der Waals surface area contributed by atoms with Gasteiger partial charge >= 0.3 is 6.03 Å². The second-order valence-electron chi connectivity index (χ2n) is 5.98. The van der Waals surface area contributed by atoms with E-state index in [0.717, 1.165) is 17.7 Å². The van der Waals surface area contributed by atoms with E-state index in [2.05, 4.69) is 20.9 Å². The minimum atomic E-state index is -0.512. The average Bonchev–Trinajstić information content (AvgIpc) is 2.98. The Balaban J connectivity index is 1.74. The van der Waals surface area contributed by atoms with Crippen molar-refractivity contribution in [1.82, 2.24) is 15.6 Å². The van der Waals surface area contributed by atoms with Crippen LogP contribution in [0.2, 0.25) is 0 Å². The Hall–Kier alpha value is -2.41. The molecule has 24 heavy (non-hydrogen) atoms. The number of hydrogen-bond acceptors (Lipinski definition) is 4. The van der Waals surface area contributed by atoms with Crippen LogP contribution >= 0.6 is 11.3 Å². The van der Waals surface area contributed by atoms with E-state index in [1.165, 1.54) is 4.88 Å². The first-order valence-corrected chi connectivity index (χ1v) is 8.78. The first kappa shape index (κ1) is 16.4. The molecule has 0 spiro atoms. The third kappa shape index (κ3) is 3.56. The molecule has 6 nitrogen and oxygen atoms in total. The molecule has 7 heteroatoms. The van der Waals surface area contributed by atoms with Crippen LogP contribution in [0.1, 0.15) is 18.2 Å². The van der Waals surface area contributed by atoms with Crippen molar-refractivity contribution in [1.29, 1.82) is 0 Å². The van der Waals surface area contributed by atoms with Crippen molar-refractivity contribution in [2.24, 2.45) is 5.92 Å². The first-order valence-electron chi connectivity index (χ1n) is 7.90. The first-order chi connectivity index (χ1) is 11.5. The summed E-state index contributed by atoms with van der Waals surface area (Å²) >= 11 is 1.63. The van der Waals surface area contributed by atoms with Gasteiger partial charge in [-0.25, -0.2) is 4.79 Å². The van der Waals surface area contributed by atoms with Crippen LogP contribution in [-0.4, -0.2) is 29.5 Å². The summed E-state index contributed by atoms with van der Waals surface area (Å²) in [6, 6.07) is 4.70. The van der Waals surface area contributed by atoms with Crippen molar-refractivity contribution in [2.45, 2.75) is 26.3 Å². The van der Waals surface area contributed by atoms with Gasteiger partial charge in [-0.15, -0.1) is 11.3 Å². The Labute approximate surface area is 144 Å². The molecule has 1 aliphatic heterocycles. The maximum atomic E-state index is 12.3. The van der Waals surface area contributed by atoms with Crippen LogP contribution in [-0.2, 0) is 4.79 Å². The number of carbonyl (C=O) groups excluding carboxylic acids is 2. The van der Waals surface area contributed by atoms with Crippen LogP contribution in [0, 0.1) is 12.8 Å². The Morgan fingerprint density at radius 1 is 1.46 bits per heavy atom. The van der Waals surface area contributed by atoms with E-state index in [1.54, 1.807) is 29.7 Å². The number of anilines is 1. The van der Waals surface area contributed by atoms with E-state index >= 15 is 0 Å². The van der Waals surface area contributed by atoms with E-state index in [-0.39, 0.29) is 11.8 Å². The molecule has 3 rings (SSSR count). The molecule has 0 bridgehead atoms. The van der Waals surface area contributed by atoms with Crippen molar-refractivity contribution < 1.29 is 9.59 Å². The fourth-order valence-corrected chi connectivity index (χ4v) is 3.46. The molecule has 3 heterocycles. The fourth-order valence-electron chi connectivity index (χ4n) is 2.77. The van der Waals surface area contributed by atoms with E-state index in [4.69, 9.17) is 0 Å². The minimum Gasteiger partial charge on any atom is -0.354 e. The zero-order valence-electron chi connectivity index (χ0n) is 13.6. The lowest BCUT2D eigenvalue weighted by Crippen LogP contribution is -2.55. The molecular formula is C17H20N4O2S. The van der Waals surface area contributed by atoms with Crippen LogP contribution in [0.15, 0.2) is 29.8 Å². The van der Waals surface area contributed by atoms with Crippen LogP contribution in [0.5, 0.6) is 0 Å². The van der Waals surface area contributed by atoms with E-state index < -0.39 is 12.1 Å². The summed E-state index contributed by atoms with van der Waals surface area (Å²) in [5, 5.41) is 10.4. The number of aromatic nitrogens is 1. The maximum absolute atomic E-state index is 12.3. The zero-order chi connectivity index (χ0) is 17.1. The normalized spacial score (nSPS) is 20.3. The Bertz CT molecular complexity index is 759. The predicted octanol–water partition coefficient (Wildman–Crippen LogP) is 2.76. The van der Waals surface area contributed by atoms with Gasteiger partial charge in [0.25, 0.3) is 0 Å². The van der Waals surface area contributed by atoms with Gasteiger partial charge in [-0.1, -0.05) is 6.92 Å². The summed E-state index contributed by atoms with van der Waals surface area (Å²) in [6.07, 6.45) is 2.55. The van der Waals surface area contributed by atoms with Crippen molar-refractivity contribution in [3.8, 4) is 11.3 Å². The van der Waals surface area contributed by atoms with Crippen LogP contribution in [0.3, 0.4) is 0 Å². The second-order valence-corrected chi connectivity index (χ2v) is 7.09. The predicted molar refractivity (Wildman–Crippen MR) is 95.0 cm³/mol. The third-order valence-electron chi connectivity index (χ3n) is 4.10. The molecule has 126 valence electrons. The number of rotatable bonds is 3. The van der Waals surface area contributed by atoms with Crippen LogP contribution in [0.25, 0.3) is 11.3 Å². The molecule has 2 aromatic heterocycles. The largest absolute Gasteiger partial charge is 0.354 e. The maximum Gasteiger partial charge on any atom is 0.319 e. The minimum absolute atomic E-state index is 0.109. The van der Waals surface area contributed by atoms with E-state index in [1.807, 2.05) is 25.3 Å². The SMILES string of the molecule is Cc1cc(-c2ncccc2NC(=O)N[C@@H]2C(=O)NCC[C@H]2C)cs1. The van der Waals surface area contributed by atoms with Gasteiger partial charge in [0.15, 0.2) is 0 Å².